The van der Waals surface area contributed by atoms with Gasteiger partial charge < -0.3 is 5.73 Å². The third-order valence-corrected chi connectivity index (χ3v) is 5.02. The van der Waals surface area contributed by atoms with Crippen molar-refractivity contribution in [2.24, 2.45) is 5.73 Å². The van der Waals surface area contributed by atoms with E-state index >= 15 is 0 Å². The van der Waals surface area contributed by atoms with Crippen molar-refractivity contribution in [3.63, 3.8) is 0 Å². The fourth-order valence-electron chi connectivity index (χ4n) is 1.48. The zero-order valence-corrected chi connectivity index (χ0v) is 13.2. The number of halogens is 1. The van der Waals surface area contributed by atoms with Gasteiger partial charge in [0.1, 0.15) is 4.90 Å². The molecule has 0 aliphatic heterocycles. The summed E-state index contributed by atoms with van der Waals surface area (Å²) in [5, 5.41) is 0. The minimum atomic E-state index is -3.64. The summed E-state index contributed by atoms with van der Waals surface area (Å²) in [5.74, 6) is 5.40. The van der Waals surface area contributed by atoms with Gasteiger partial charge in [-0.2, -0.15) is 0 Å². The van der Waals surface area contributed by atoms with Crippen LogP contribution < -0.4 is 10.5 Å². The largest absolute Gasteiger partial charge is 0.320 e. The second-order valence-corrected chi connectivity index (χ2v) is 7.51. The molecule has 21 heavy (non-hydrogen) atoms. The van der Waals surface area contributed by atoms with Gasteiger partial charge in [-0.05, 0) is 18.2 Å². The molecule has 0 atom stereocenters. The fraction of sp³-hybridized carbons (Fsp3) is 0.154. The quantitative estimate of drug-likeness (QED) is 0.827. The Morgan fingerprint density at radius 1 is 1.38 bits per heavy atom. The molecule has 110 valence electrons. The molecule has 0 fully saturated rings. The maximum Gasteiger partial charge on any atom is 0.242 e. The lowest BCUT2D eigenvalue weighted by molar-refractivity contribution is 0.581. The molecular formula is C13H12ClN3O2S2. The highest BCUT2D eigenvalue weighted by atomic mass is 35.5. The second-order valence-electron chi connectivity index (χ2n) is 3.95. The maximum atomic E-state index is 12.2. The molecule has 2 aromatic heterocycles. The highest BCUT2D eigenvalue weighted by Gasteiger charge is 2.15. The van der Waals surface area contributed by atoms with Gasteiger partial charge in [-0.1, -0.05) is 23.4 Å². The van der Waals surface area contributed by atoms with Gasteiger partial charge in [0.05, 0.1) is 10.9 Å². The summed E-state index contributed by atoms with van der Waals surface area (Å²) in [6, 6.07) is 4.96. The number of nitrogens with zero attached hydrogens (tertiary/aromatic N) is 1. The molecule has 5 nitrogen and oxygen atoms in total. The highest BCUT2D eigenvalue weighted by Crippen LogP contribution is 2.21. The van der Waals surface area contributed by atoms with E-state index in [4.69, 9.17) is 17.3 Å². The summed E-state index contributed by atoms with van der Waals surface area (Å²) in [6.07, 6.45) is 2.76. The third-order valence-electron chi connectivity index (χ3n) is 2.42. The molecule has 0 saturated heterocycles. The van der Waals surface area contributed by atoms with E-state index in [0.29, 0.717) is 9.90 Å². The van der Waals surface area contributed by atoms with Crippen LogP contribution in [0.3, 0.4) is 0 Å². The van der Waals surface area contributed by atoms with Crippen LogP contribution in [0.2, 0.25) is 4.34 Å². The minimum Gasteiger partial charge on any atom is -0.320 e. The van der Waals surface area contributed by atoms with Gasteiger partial charge in [0.2, 0.25) is 10.0 Å². The van der Waals surface area contributed by atoms with Crippen LogP contribution in [0.4, 0.5) is 0 Å². The van der Waals surface area contributed by atoms with E-state index in [1.54, 1.807) is 12.1 Å². The number of thiophene rings is 1. The van der Waals surface area contributed by atoms with Crippen molar-refractivity contribution in [2.75, 3.05) is 6.54 Å². The molecule has 2 aromatic rings. The number of hydrogen-bond donors (Lipinski definition) is 2. The molecule has 0 unspecified atom stereocenters. The van der Waals surface area contributed by atoms with Gasteiger partial charge in [0.15, 0.2) is 0 Å². The lowest BCUT2D eigenvalue weighted by Gasteiger charge is -2.05. The van der Waals surface area contributed by atoms with Gasteiger partial charge in [-0.3, -0.25) is 4.98 Å². The van der Waals surface area contributed by atoms with Crippen LogP contribution in [-0.2, 0) is 16.6 Å². The zero-order valence-electron chi connectivity index (χ0n) is 10.8. The highest BCUT2D eigenvalue weighted by molar-refractivity contribution is 7.89. The standard InChI is InChI=1S/C13H12ClN3O2S2/c14-13-4-3-11(20-13)8-17-21(18,19)12-6-10(2-1-5-15)7-16-9-12/h3-4,6-7,9,17H,5,8,15H2. The fourth-order valence-corrected chi connectivity index (χ4v) is 3.60. The molecule has 0 spiro atoms. The summed E-state index contributed by atoms with van der Waals surface area (Å²) in [5.41, 5.74) is 5.78. The van der Waals surface area contributed by atoms with E-state index in [1.165, 1.54) is 29.8 Å². The van der Waals surface area contributed by atoms with Crippen molar-refractivity contribution in [3.8, 4) is 11.8 Å². The molecule has 3 N–H and O–H groups in total. The lowest BCUT2D eigenvalue weighted by atomic mass is 10.3. The predicted molar refractivity (Wildman–Crippen MR) is 83.5 cm³/mol. The van der Waals surface area contributed by atoms with Crippen LogP contribution in [-0.4, -0.2) is 19.9 Å². The Hall–Kier alpha value is -1.43. The molecule has 0 saturated carbocycles. The second kappa shape index (κ2) is 7.02. The first kappa shape index (κ1) is 15.9. The third kappa shape index (κ3) is 4.52. The number of aromatic nitrogens is 1. The number of pyridine rings is 1. The average Bonchev–Trinajstić information content (AvgIpc) is 2.89. The number of rotatable bonds is 4. The predicted octanol–water partition coefficient (Wildman–Crippen LogP) is 1.59. The molecule has 8 heteroatoms. The summed E-state index contributed by atoms with van der Waals surface area (Å²) in [7, 11) is -3.64. The molecule has 2 rings (SSSR count). The normalized spacial score (nSPS) is 11.0. The number of nitrogens with one attached hydrogen (secondary N) is 1. The van der Waals surface area contributed by atoms with Gasteiger partial charge in [0, 0.05) is 29.4 Å². The number of hydrogen-bond acceptors (Lipinski definition) is 5. The van der Waals surface area contributed by atoms with Crippen LogP contribution in [0.1, 0.15) is 10.4 Å². The van der Waals surface area contributed by atoms with E-state index in [9.17, 15) is 8.42 Å². The Morgan fingerprint density at radius 3 is 2.86 bits per heavy atom. The van der Waals surface area contributed by atoms with Crippen LogP contribution in [0.15, 0.2) is 35.5 Å². The van der Waals surface area contributed by atoms with E-state index in [0.717, 1.165) is 4.88 Å². The van der Waals surface area contributed by atoms with Crippen molar-refractivity contribution in [1.29, 1.82) is 0 Å². The molecule has 0 aliphatic rings. The maximum absolute atomic E-state index is 12.2. The zero-order chi connectivity index (χ0) is 15.3. The summed E-state index contributed by atoms with van der Waals surface area (Å²) >= 11 is 7.13. The average molecular weight is 342 g/mol. The van der Waals surface area contributed by atoms with E-state index in [1.807, 2.05) is 0 Å². The van der Waals surface area contributed by atoms with Crippen molar-refractivity contribution < 1.29 is 8.42 Å². The van der Waals surface area contributed by atoms with Crippen LogP contribution >= 0.6 is 22.9 Å². The van der Waals surface area contributed by atoms with Crippen molar-refractivity contribution in [2.45, 2.75) is 11.4 Å². The Bertz CT molecular complexity index is 791. The molecule has 2 heterocycles. The van der Waals surface area contributed by atoms with E-state index < -0.39 is 10.0 Å². The summed E-state index contributed by atoms with van der Waals surface area (Å²) < 4.78 is 27.5. The van der Waals surface area contributed by atoms with Crippen molar-refractivity contribution >= 4 is 33.0 Å². The minimum absolute atomic E-state index is 0.0639. The van der Waals surface area contributed by atoms with E-state index in [2.05, 4.69) is 21.5 Å². The number of nitrogens with two attached hydrogens (primary N) is 1. The first-order valence-electron chi connectivity index (χ1n) is 5.89. The Kier molecular flexibility index (Phi) is 5.33. The van der Waals surface area contributed by atoms with Gasteiger partial charge in [-0.15, -0.1) is 11.3 Å². The molecule has 0 bridgehead atoms. The molecule has 0 radical (unpaired) electrons. The van der Waals surface area contributed by atoms with Crippen LogP contribution in [0.25, 0.3) is 0 Å². The first-order valence-corrected chi connectivity index (χ1v) is 8.57. The van der Waals surface area contributed by atoms with Gasteiger partial charge in [-0.25, -0.2) is 13.1 Å². The van der Waals surface area contributed by atoms with Crippen LogP contribution in [0, 0.1) is 11.8 Å². The molecule has 0 aliphatic carbocycles. The van der Waals surface area contributed by atoms with Crippen molar-refractivity contribution in [3.05, 3.63) is 45.4 Å². The monoisotopic (exact) mass is 341 g/mol. The van der Waals surface area contributed by atoms with E-state index in [-0.39, 0.29) is 18.0 Å². The Labute approximate surface area is 132 Å². The topological polar surface area (TPSA) is 85.1 Å². The van der Waals surface area contributed by atoms with Gasteiger partial charge >= 0.3 is 0 Å². The first-order chi connectivity index (χ1) is 10.0. The molecule has 0 amide bonds. The van der Waals surface area contributed by atoms with Crippen LogP contribution in [0.5, 0.6) is 0 Å². The van der Waals surface area contributed by atoms with Gasteiger partial charge in [0.25, 0.3) is 0 Å². The Balaban J connectivity index is 2.15. The number of sulfonamides is 1. The van der Waals surface area contributed by atoms with Crippen molar-refractivity contribution in [1.82, 2.24) is 9.71 Å². The molecule has 0 aromatic carbocycles. The Morgan fingerprint density at radius 2 is 2.19 bits per heavy atom. The summed E-state index contributed by atoms with van der Waals surface area (Å²) in [6.45, 7) is 0.382. The molecular weight excluding hydrogens is 330 g/mol. The SMILES string of the molecule is NCC#Cc1cncc(S(=O)(=O)NCc2ccc(Cl)s2)c1. The smallest absolute Gasteiger partial charge is 0.242 e. The summed E-state index contributed by atoms with van der Waals surface area (Å²) in [4.78, 5) is 4.78. The lowest BCUT2D eigenvalue weighted by Crippen LogP contribution is -2.23.